The lowest BCUT2D eigenvalue weighted by molar-refractivity contribution is 0.318. The number of nitrogens with zero attached hydrogens (tertiary/aromatic N) is 3. The Balaban J connectivity index is 2.96. The summed E-state index contributed by atoms with van der Waals surface area (Å²) in [6.07, 6.45) is 0. The molecule has 3 N–H and O–H groups in total. The summed E-state index contributed by atoms with van der Waals surface area (Å²) >= 11 is 0. The molecule has 0 amide bonds. The molecule has 0 aromatic heterocycles. The van der Waals surface area contributed by atoms with Gasteiger partial charge in [0.2, 0.25) is 0 Å². The standard InChI is InChI=1S/C13H22N4O3S/c1-10(2)17(4)21(19,20)16(3)9-11-6-5-7-12(8-11)13(14)15-18/h5-8,10,18H,9H2,1-4H3,(H2,14,15). The van der Waals surface area contributed by atoms with E-state index in [4.69, 9.17) is 10.9 Å². The molecule has 0 radical (unpaired) electrons. The van der Waals surface area contributed by atoms with E-state index in [2.05, 4.69) is 5.16 Å². The van der Waals surface area contributed by atoms with Gasteiger partial charge in [-0.25, -0.2) is 0 Å². The molecular weight excluding hydrogens is 292 g/mol. The second-order valence-electron chi connectivity index (χ2n) is 5.06. The molecule has 1 rings (SSSR count). The molecule has 0 saturated heterocycles. The van der Waals surface area contributed by atoms with Gasteiger partial charge in [0.1, 0.15) is 0 Å². The summed E-state index contributed by atoms with van der Waals surface area (Å²) in [5.41, 5.74) is 6.82. The lowest BCUT2D eigenvalue weighted by atomic mass is 10.1. The van der Waals surface area contributed by atoms with Crippen molar-refractivity contribution in [2.45, 2.75) is 26.4 Å². The van der Waals surface area contributed by atoms with Gasteiger partial charge in [-0.05, 0) is 25.5 Å². The Bertz CT molecular complexity index is 614. The molecule has 21 heavy (non-hydrogen) atoms. The van der Waals surface area contributed by atoms with Gasteiger partial charge in [0.25, 0.3) is 10.2 Å². The lowest BCUT2D eigenvalue weighted by Gasteiger charge is -2.27. The quantitative estimate of drug-likeness (QED) is 0.351. The van der Waals surface area contributed by atoms with E-state index >= 15 is 0 Å². The Morgan fingerprint density at radius 1 is 1.38 bits per heavy atom. The summed E-state index contributed by atoms with van der Waals surface area (Å²) < 4.78 is 27.2. The van der Waals surface area contributed by atoms with Gasteiger partial charge in [0.15, 0.2) is 5.84 Å². The van der Waals surface area contributed by atoms with Crippen molar-refractivity contribution < 1.29 is 13.6 Å². The second kappa shape index (κ2) is 6.88. The molecule has 0 aliphatic heterocycles. The molecule has 0 saturated carbocycles. The Kier molecular flexibility index (Phi) is 5.70. The van der Waals surface area contributed by atoms with Crippen molar-refractivity contribution in [1.82, 2.24) is 8.61 Å². The molecule has 0 unspecified atom stereocenters. The number of amidine groups is 1. The molecule has 0 bridgehead atoms. The van der Waals surface area contributed by atoms with Gasteiger partial charge < -0.3 is 10.9 Å². The minimum Gasteiger partial charge on any atom is -0.409 e. The van der Waals surface area contributed by atoms with Crippen LogP contribution in [0.1, 0.15) is 25.0 Å². The first-order chi connectivity index (χ1) is 9.70. The van der Waals surface area contributed by atoms with Crippen LogP contribution in [0.2, 0.25) is 0 Å². The predicted octanol–water partition coefficient (Wildman–Crippen LogP) is 0.798. The third-order valence-electron chi connectivity index (χ3n) is 3.22. The average molecular weight is 314 g/mol. The monoisotopic (exact) mass is 314 g/mol. The fraction of sp³-hybridized carbons (Fsp3) is 0.462. The van der Waals surface area contributed by atoms with Gasteiger partial charge in [-0.15, -0.1) is 0 Å². The van der Waals surface area contributed by atoms with Crippen LogP contribution in [0.4, 0.5) is 0 Å². The number of hydrogen-bond donors (Lipinski definition) is 2. The number of hydrogen-bond acceptors (Lipinski definition) is 4. The van der Waals surface area contributed by atoms with Crippen molar-refractivity contribution in [2.75, 3.05) is 14.1 Å². The molecule has 1 aromatic rings. The van der Waals surface area contributed by atoms with Crippen molar-refractivity contribution >= 4 is 16.0 Å². The van der Waals surface area contributed by atoms with Gasteiger partial charge in [-0.2, -0.15) is 17.0 Å². The van der Waals surface area contributed by atoms with Crippen LogP contribution in [0.5, 0.6) is 0 Å². The van der Waals surface area contributed by atoms with Crippen LogP contribution in [-0.2, 0) is 16.8 Å². The minimum atomic E-state index is -3.52. The van der Waals surface area contributed by atoms with E-state index in [0.717, 1.165) is 5.56 Å². The predicted molar refractivity (Wildman–Crippen MR) is 82.2 cm³/mol. The summed E-state index contributed by atoms with van der Waals surface area (Å²) in [6.45, 7) is 3.82. The van der Waals surface area contributed by atoms with Gasteiger partial charge >= 0.3 is 0 Å². The Labute approximate surface area is 125 Å². The van der Waals surface area contributed by atoms with Crippen molar-refractivity contribution in [1.29, 1.82) is 0 Å². The highest BCUT2D eigenvalue weighted by Gasteiger charge is 2.25. The van der Waals surface area contributed by atoms with Crippen molar-refractivity contribution in [3.05, 3.63) is 35.4 Å². The lowest BCUT2D eigenvalue weighted by Crippen LogP contribution is -2.42. The summed E-state index contributed by atoms with van der Waals surface area (Å²) in [5.74, 6) is -0.0124. The first-order valence-electron chi connectivity index (χ1n) is 6.46. The summed E-state index contributed by atoms with van der Waals surface area (Å²) in [6, 6.07) is 6.77. The van der Waals surface area contributed by atoms with E-state index < -0.39 is 10.2 Å². The van der Waals surface area contributed by atoms with Crippen LogP contribution < -0.4 is 5.73 Å². The molecule has 7 nitrogen and oxygen atoms in total. The SMILES string of the molecule is CC(C)N(C)S(=O)(=O)N(C)Cc1cccc(C(N)=NO)c1. The molecule has 0 aliphatic carbocycles. The Hall–Kier alpha value is -1.64. The molecule has 0 atom stereocenters. The third kappa shape index (κ3) is 4.16. The number of nitrogens with two attached hydrogens (primary N) is 1. The highest BCUT2D eigenvalue weighted by atomic mass is 32.2. The maximum atomic E-state index is 12.3. The van der Waals surface area contributed by atoms with E-state index in [1.54, 1.807) is 31.3 Å². The molecule has 0 fully saturated rings. The first kappa shape index (κ1) is 17.4. The van der Waals surface area contributed by atoms with Crippen LogP contribution in [-0.4, -0.2) is 48.2 Å². The van der Waals surface area contributed by atoms with E-state index in [1.807, 2.05) is 13.8 Å². The number of rotatable bonds is 6. The normalized spacial score (nSPS) is 13.4. The molecule has 118 valence electrons. The molecular formula is C13H22N4O3S. The fourth-order valence-electron chi connectivity index (χ4n) is 1.71. The van der Waals surface area contributed by atoms with Crippen molar-refractivity contribution in [3.63, 3.8) is 0 Å². The van der Waals surface area contributed by atoms with Crippen LogP contribution in [0.3, 0.4) is 0 Å². The van der Waals surface area contributed by atoms with Crippen molar-refractivity contribution in [2.24, 2.45) is 10.9 Å². The Morgan fingerprint density at radius 3 is 2.52 bits per heavy atom. The third-order valence-corrected chi connectivity index (χ3v) is 5.29. The zero-order valence-corrected chi connectivity index (χ0v) is 13.5. The minimum absolute atomic E-state index is 0.0124. The largest absolute Gasteiger partial charge is 0.409 e. The van der Waals surface area contributed by atoms with E-state index in [9.17, 15) is 8.42 Å². The molecule has 8 heteroatoms. The van der Waals surface area contributed by atoms with Gasteiger partial charge in [0, 0.05) is 32.2 Å². The van der Waals surface area contributed by atoms with E-state index in [1.165, 1.54) is 15.7 Å². The van der Waals surface area contributed by atoms with E-state index in [0.29, 0.717) is 5.56 Å². The van der Waals surface area contributed by atoms with Gasteiger partial charge in [0.05, 0.1) is 0 Å². The van der Waals surface area contributed by atoms with Crippen LogP contribution in [0, 0.1) is 0 Å². The van der Waals surface area contributed by atoms with Crippen molar-refractivity contribution in [3.8, 4) is 0 Å². The molecule has 1 aromatic carbocycles. The fourth-order valence-corrected chi connectivity index (χ4v) is 3.00. The van der Waals surface area contributed by atoms with Crippen LogP contribution in [0.15, 0.2) is 29.4 Å². The zero-order chi connectivity index (χ0) is 16.2. The zero-order valence-electron chi connectivity index (χ0n) is 12.7. The topological polar surface area (TPSA) is 99.2 Å². The molecule has 0 heterocycles. The second-order valence-corrected chi connectivity index (χ2v) is 7.15. The highest BCUT2D eigenvalue weighted by molar-refractivity contribution is 7.86. The smallest absolute Gasteiger partial charge is 0.282 e. The van der Waals surface area contributed by atoms with Crippen LogP contribution >= 0.6 is 0 Å². The van der Waals surface area contributed by atoms with Gasteiger partial charge in [-0.3, -0.25) is 0 Å². The van der Waals surface area contributed by atoms with Gasteiger partial charge in [-0.1, -0.05) is 23.4 Å². The number of oxime groups is 1. The highest BCUT2D eigenvalue weighted by Crippen LogP contribution is 2.13. The molecule has 0 aliphatic rings. The Morgan fingerprint density at radius 2 is 2.00 bits per heavy atom. The maximum absolute atomic E-state index is 12.3. The summed E-state index contributed by atoms with van der Waals surface area (Å²) in [4.78, 5) is 0. The van der Waals surface area contributed by atoms with Crippen LogP contribution in [0.25, 0.3) is 0 Å². The number of benzene rings is 1. The molecule has 0 spiro atoms. The summed E-state index contributed by atoms with van der Waals surface area (Å²) in [5, 5.41) is 11.6. The first-order valence-corrected chi connectivity index (χ1v) is 7.86. The van der Waals surface area contributed by atoms with E-state index in [-0.39, 0.29) is 18.4 Å². The maximum Gasteiger partial charge on any atom is 0.282 e. The average Bonchev–Trinajstić information content (AvgIpc) is 2.45. The summed E-state index contributed by atoms with van der Waals surface area (Å²) in [7, 11) is -0.456.